The third-order valence-electron chi connectivity index (χ3n) is 3.89. The molecule has 0 aliphatic heterocycles. The molecular formula is C22H15Cl2NO3. The molecule has 0 heterocycles. The maximum absolute atomic E-state index is 12.4. The summed E-state index contributed by atoms with van der Waals surface area (Å²) in [7, 11) is 0. The Morgan fingerprint density at radius 3 is 2.29 bits per heavy atom. The van der Waals surface area contributed by atoms with Crippen molar-refractivity contribution in [2.45, 2.75) is 12.2 Å². The summed E-state index contributed by atoms with van der Waals surface area (Å²) in [5.74, 6) is 0.0441. The number of ketones is 1. The number of halogens is 2. The van der Waals surface area contributed by atoms with Crippen molar-refractivity contribution in [2.75, 3.05) is 0 Å². The Bertz CT molecular complexity index is 1000. The summed E-state index contributed by atoms with van der Waals surface area (Å²) < 4.78 is 11.3. The molecule has 140 valence electrons. The third kappa shape index (κ3) is 4.83. The summed E-state index contributed by atoms with van der Waals surface area (Å²) in [6.07, 6.45) is 0. The van der Waals surface area contributed by atoms with E-state index in [0.29, 0.717) is 17.9 Å². The molecular weight excluding hydrogens is 397 g/mol. The number of nitrogens with zero attached hydrogens (tertiary/aromatic N) is 1. The number of alkyl halides is 1. The summed E-state index contributed by atoms with van der Waals surface area (Å²) in [6, 6.07) is 23.0. The molecule has 0 N–H and O–H groups in total. The number of nitriles is 1. The largest absolute Gasteiger partial charge is 0.487 e. The SMILES string of the molecule is N#Cc1cc(Cl)c(OCc2ccccc2)cc1OC(Cl)C(=O)c1ccccc1. The zero-order chi connectivity index (χ0) is 19.9. The van der Waals surface area contributed by atoms with Crippen LogP contribution in [0.15, 0.2) is 72.8 Å². The van der Waals surface area contributed by atoms with Crippen molar-refractivity contribution >= 4 is 29.0 Å². The van der Waals surface area contributed by atoms with Gasteiger partial charge >= 0.3 is 0 Å². The monoisotopic (exact) mass is 411 g/mol. The molecule has 0 bridgehead atoms. The Hall–Kier alpha value is -3.00. The number of rotatable bonds is 7. The van der Waals surface area contributed by atoms with Crippen molar-refractivity contribution in [3.8, 4) is 17.6 Å². The molecule has 6 heteroatoms. The maximum atomic E-state index is 12.4. The van der Waals surface area contributed by atoms with Gasteiger partial charge in [0.15, 0.2) is 0 Å². The van der Waals surface area contributed by atoms with Crippen molar-refractivity contribution in [2.24, 2.45) is 0 Å². The molecule has 3 aromatic rings. The molecule has 3 rings (SSSR count). The lowest BCUT2D eigenvalue weighted by atomic mass is 10.1. The van der Waals surface area contributed by atoms with Gasteiger partial charge in [-0.15, -0.1) is 0 Å². The maximum Gasteiger partial charge on any atom is 0.234 e. The second-order valence-corrected chi connectivity index (χ2v) is 6.63. The van der Waals surface area contributed by atoms with Crippen LogP contribution < -0.4 is 9.47 Å². The predicted molar refractivity (Wildman–Crippen MR) is 108 cm³/mol. The van der Waals surface area contributed by atoms with E-state index in [0.717, 1.165) is 5.56 Å². The highest BCUT2D eigenvalue weighted by molar-refractivity contribution is 6.33. The first-order valence-electron chi connectivity index (χ1n) is 8.39. The highest BCUT2D eigenvalue weighted by Gasteiger charge is 2.21. The molecule has 4 nitrogen and oxygen atoms in total. The molecule has 0 aliphatic rings. The second-order valence-electron chi connectivity index (χ2n) is 5.83. The Labute approximate surface area is 172 Å². The highest BCUT2D eigenvalue weighted by Crippen LogP contribution is 2.34. The number of hydrogen-bond donors (Lipinski definition) is 0. The zero-order valence-corrected chi connectivity index (χ0v) is 16.2. The van der Waals surface area contributed by atoms with E-state index in [1.54, 1.807) is 30.3 Å². The van der Waals surface area contributed by atoms with Crippen LogP contribution in [-0.4, -0.2) is 11.3 Å². The first kappa shape index (κ1) is 19.8. The average molecular weight is 412 g/mol. The summed E-state index contributed by atoms with van der Waals surface area (Å²) in [6.45, 7) is 0.291. The van der Waals surface area contributed by atoms with Gasteiger partial charge < -0.3 is 9.47 Å². The van der Waals surface area contributed by atoms with Crippen LogP contribution in [0.3, 0.4) is 0 Å². The summed E-state index contributed by atoms with van der Waals surface area (Å²) >= 11 is 12.3. The van der Waals surface area contributed by atoms with Gasteiger partial charge in [0, 0.05) is 11.6 Å². The molecule has 0 saturated heterocycles. The predicted octanol–water partition coefficient (Wildman–Crippen LogP) is 5.62. The molecule has 28 heavy (non-hydrogen) atoms. The first-order valence-corrected chi connectivity index (χ1v) is 9.20. The Balaban J connectivity index is 1.79. The van der Waals surface area contributed by atoms with E-state index in [1.165, 1.54) is 12.1 Å². The average Bonchev–Trinajstić information content (AvgIpc) is 2.74. The zero-order valence-electron chi connectivity index (χ0n) is 14.6. The normalized spacial score (nSPS) is 11.3. The number of ether oxygens (including phenoxy) is 2. The molecule has 0 spiro atoms. The first-order chi connectivity index (χ1) is 13.6. The van der Waals surface area contributed by atoms with Gasteiger partial charge in [0.25, 0.3) is 0 Å². The van der Waals surface area contributed by atoms with Crippen molar-refractivity contribution in [3.63, 3.8) is 0 Å². The molecule has 0 radical (unpaired) electrons. The second kappa shape index (κ2) is 9.27. The Morgan fingerprint density at radius 2 is 1.64 bits per heavy atom. The Kier molecular flexibility index (Phi) is 6.54. The molecule has 1 unspecified atom stereocenters. The van der Waals surface area contributed by atoms with Gasteiger partial charge in [0.05, 0.1) is 10.6 Å². The number of carbonyl (C=O) groups is 1. The van der Waals surface area contributed by atoms with Crippen molar-refractivity contribution in [1.82, 2.24) is 0 Å². The van der Waals surface area contributed by atoms with Crippen LogP contribution >= 0.6 is 23.2 Å². The van der Waals surface area contributed by atoms with Gasteiger partial charge in [-0.05, 0) is 11.6 Å². The molecule has 3 aromatic carbocycles. The van der Waals surface area contributed by atoms with Gasteiger partial charge in [-0.2, -0.15) is 5.26 Å². The highest BCUT2D eigenvalue weighted by atomic mass is 35.5. The molecule has 0 saturated carbocycles. The van der Waals surface area contributed by atoms with Crippen LogP contribution in [-0.2, 0) is 6.61 Å². The van der Waals surface area contributed by atoms with Gasteiger partial charge in [0.1, 0.15) is 24.2 Å². The fourth-order valence-corrected chi connectivity index (χ4v) is 2.90. The third-order valence-corrected chi connectivity index (χ3v) is 4.47. The van der Waals surface area contributed by atoms with E-state index >= 15 is 0 Å². The molecule has 1 atom stereocenters. The minimum Gasteiger partial charge on any atom is -0.487 e. The molecule has 0 aliphatic carbocycles. The quantitative estimate of drug-likeness (QED) is 0.374. The number of carbonyl (C=O) groups excluding carboxylic acids is 1. The van der Waals surface area contributed by atoms with E-state index in [4.69, 9.17) is 32.7 Å². The van der Waals surface area contributed by atoms with Crippen LogP contribution in [0.25, 0.3) is 0 Å². The fourth-order valence-electron chi connectivity index (χ4n) is 2.46. The van der Waals surface area contributed by atoms with Gasteiger partial charge in [0.2, 0.25) is 11.3 Å². The van der Waals surface area contributed by atoms with Crippen molar-refractivity contribution < 1.29 is 14.3 Å². The molecule has 0 amide bonds. The van der Waals surface area contributed by atoms with E-state index < -0.39 is 11.3 Å². The van der Waals surface area contributed by atoms with Gasteiger partial charge in [-0.1, -0.05) is 83.9 Å². The smallest absolute Gasteiger partial charge is 0.234 e. The minimum atomic E-state index is -1.29. The minimum absolute atomic E-state index is 0.124. The van der Waals surface area contributed by atoms with Crippen molar-refractivity contribution in [3.05, 3.63) is 94.5 Å². The van der Waals surface area contributed by atoms with Crippen molar-refractivity contribution in [1.29, 1.82) is 5.26 Å². The lowest BCUT2D eigenvalue weighted by molar-refractivity contribution is 0.0884. The van der Waals surface area contributed by atoms with Crippen LogP contribution in [0, 0.1) is 11.3 Å². The summed E-state index contributed by atoms with van der Waals surface area (Å²) in [5.41, 5.74) is 0.233. The molecule has 0 fully saturated rings. The number of benzene rings is 3. The van der Waals surface area contributed by atoms with Gasteiger partial charge in [-0.3, -0.25) is 4.79 Å². The van der Waals surface area contributed by atoms with E-state index in [1.807, 2.05) is 36.4 Å². The van der Waals surface area contributed by atoms with E-state index in [2.05, 4.69) is 0 Å². The lowest BCUT2D eigenvalue weighted by Gasteiger charge is -2.15. The Morgan fingerprint density at radius 1 is 1.00 bits per heavy atom. The summed E-state index contributed by atoms with van der Waals surface area (Å²) in [5, 5.41) is 9.62. The van der Waals surface area contributed by atoms with Crippen LogP contribution in [0.5, 0.6) is 11.5 Å². The molecule has 0 aromatic heterocycles. The summed E-state index contributed by atoms with van der Waals surface area (Å²) in [4.78, 5) is 12.4. The van der Waals surface area contributed by atoms with Gasteiger partial charge in [-0.25, -0.2) is 0 Å². The van der Waals surface area contributed by atoms with Crippen LogP contribution in [0.2, 0.25) is 5.02 Å². The lowest BCUT2D eigenvalue weighted by Crippen LogP contribution is -2.21. The fraction of sp³-hybridized carbons (Fsp3) is 0.0909. The standard InChI is InChI=1S/C22H15Cl2NO3/c23-18-11-17(13-25)19(12-20(18)27-14-15-7-3-1-4-8-15)28-22(24)21(26)16-9-5-2-6-10-16/h1-12,22H,14H2. The number of Topliss-reactive ketones (excluding diaryl/α,β-unsaturated/α-hetero) is 1. The van der Waals surface area contributed by atoms with E-state index in [-0.39, 0.29) is 16.3 Å². The number of hydrogen-bond acceptors (Lipinski definition) is 4. The van der Waals surface area contributed by atoms with E-state index in [9.17, 15) is 10.1 Å². The van der Waals surface area contributed by atoms with Crippen LogP contribution in [0.1, 0.15) is 21.5 Å². The van der Waals surface area contributed by atoms with Crippen LogP contribution in [0.4, 0.5) is 0 Å². The topological polar surface area (TPSA) is 59.3 Å².